The third-order valence-corrected chi connectivity index (χ3v) is 5.07. The number of amides is 1. The van der Waals surface area contributed by atoms with Gasteiger partial charge in [0.2, 0.25) is 5.95 Å². The SMILES string of the molecule is CCC(C)NC(=O)c1cc(C)nc(Nc2ccc(N3CCN(C)CC3)cc2)n1. The number of aryl methyl sites for hydroxylation is 1. The van der Waals surface area contributed by atoms with Crippen LogP contribution in [0.1, 0.15) is 36.5 Å². The molecule has 0 spiro atoms. The van der Waals surface area contributed by atoms with Gasteiger partial charge in [-0.3, -0.25) is 4.79 Å². The molecule has 0 radical (unpaired) electrons. The van der Waals surface area contributed by atoms with Gasteiger partial charge in [-0.25, -0.2) is 9.97 Å². The largest absolute Gasteiger partial charge is 0.369 e. The molecule has 1 aliphatic rings. The molecule has 150 valence electrons. The first kappa shape index (κ1) is 20.1. The van der Waals surface area contributed by atoms with E-state index in [2.05, 4.69) is 49.6 Å². The van der Waals surface area contributed by atoms with Gasteiger partial charge in [0.05, 0.1) is 0 Å². The number of carbonyl (C=O) groups is 1. The summed E-state index contributed by atoms with van der Waals surface area (Å²) in [5, 5.41) is 6.16. The minimum atomic E-state index is -0.173. The van der Waals surface area contributed by atoms with Crippen molar-refractivity contribution in [3.05, 3.63) is 41.7 Å². The Morgan fingerprint density at radius 2 is 1.82 bits per heavy atom. The van der Waals surface area contributed by atoms with Gasteiger partial charge in [-0.05, 0) is 57.6 Å². The highest BCUT2D eigenvalue weighted by Crippen LogP contribution is 2.21. The number of carbonyl (C=O) groups excluding carboxylic acids is 1. The number of rotatable bonds is 6. The second-order valence-electron chi connectivity index (χ2n) is 7.46. The van der Waals surface area contributed by atoms with E-state index in [1.54, 1.807) is 6.07 Å². The quantitative estimate of drug-likeness (QED) is 0.800. The fraction of sp³-hybridized carbons (Fsp3) is 0.476. The Balaban J connectivity index is 1.68. The Bertz CT molecular complexity index is 799. The Hall–Kier alpha value is -2.67. The van der Waals surface area contributed by atoms with Gasteiger partial charge in [0.25, 0.3) is 5.91 Å². The van der Waals surface area contributed by atoms with Crippen molar-refractivity contribution >= 4 is 23.2 Å². The zero-order valence-electron chi connectivity index (χ0n) is 17.2. The molecule has 0 saturated carbocycles. The molecule has 7 heteroatoms. The van der Waals surface area contributed by atoms with Crippen LogP contribution < -0.4 is 15.5 Å². The summed E-state index contributed by atoms with van der Waals surface area (Å²) in [6.45, 7) is 10.1. The lowest BCUT2D eigenvalue weighted by atomic mass is 10.2. The first-order valence-electron chi connectivity index (χ1n) is 9.91. The summed E-state index contributed by atoms with van der Waals surface area (Å²) in [6.07, 6.45) is 0.876. The molecule has 0 bridgehead atoms. The Kier molecular flexibility index (Phi) is 6.46. The number of aromatic nitrogens is 2. The molecular weight excluding hydrogens is 352 g/mol. The van der Waals surface area contributed by atoms with E-state index in [9.17, 15) is 4.79 Å². The number of nitrogens with zero attached hydrogens (tertiary/aromatic N) is 4. The van der Waals surface area contributed by atoms with Crippen molar-refractivity contribution in [1.82, 2.24) is 20.2 Å². The van der Waals surface area contributed by atoms with Crippen molar-refractivity contribution in [1.29, 1.82) is 0 Å². The summed E-state index contributed by atoms with van der Waals surface area (Å²) in [7, 11) is 2.16. The van der Waals surface area contributed by atoms with Crippen LogP contribution in [0.5, 0.6) is 0 Å². The Labute approximate surface area is 167 Å². The molecule has 2 heterocycles. The number of hydrogen-bond acceptors (Lipinski definition) is 6. The third kappa shape index (κ3) is 5.19. The molecule has 1 saturated heterocycles. The van der Waals surface area contributed by atoms with E-state index in [1.165, 1.54) is 5.69 Å². The normalized spacial score (nSPS) is 15.9. The summed E-state index contributed by atoms with van der Waals surface area (Å²) in [4.78, 5) is 25.9. The van der Waals surface area contributed by atoms with Crippen molar-refractivity contribution in [2.45, 2.75) is 33.2 Å². The maximum Gasteiger partial charge on any atom is 0.270 e. The monoisotopic (exact) mass is 382 g/mol. The van der Waals surface area contributed by atoms with Crippen molar-refractivity contribution in [2.75, 3.05) is 43.4 Å². The highest BCUT2D eigenvalue weighted by Gasteiger charge is 2.15. The molecule has 1 amide bonds. The van der Waals surface area contributed by atoms with Crippen molar-refractivity contribution in [3.63, 3.8) is 0 Å². The number of likely N-dealkylation sites (N-methyl/N-ethyl adjacent to an activating group) is 1. The van der Waals surface area contributed by atoms with Gasteiger partial charge in [0, 0.05) is 49.3 Å². The van der Waals surface area contributed by atoms with E-state index in [4.69, 9.17) is 0 Å². The first-order chi connectivity index (χ1) is 13.4. The van der Waals surface area contributed by atoms with Gasteiger partial charge in [0.1, 0.15) is 5.69 Å². The topological polar surface area (TPSA) is 73.4 Å². The maximum atomic E-state index is 12.4. The average molecular weight is 383 g/mol. The predicted octanol–water partition coefficient (Wildman–Crippen LogP) is 2.81. The average Bonchev–Trinajstić information content (AvgIpc) is 2.68. The lowest BCUT2D eigenvalue weighted by Crippen LogP contribution is -2.44. The fourth-order valence-corrected chi connectivity index (χ4v) is 3.09. The van der Waals surface area contributed by atoms with Gasteiger partial charge < -0.3 is 20.4 Å². The Morgan fingerprint density at radius 3 is 2.46 bits per heavy atom. The van der Waals surface area contributed by atoms with E-state index in [1.807, 2.05) is 32.9 Å². The lowest BCUT2D eigenvalue weighted by Gasteiger charge is -2.34. The van der Waals surface area contributed by atoms with E-state index in [0.717, 1.165) is 44.0 Å². The van der Waals surface area contributed by atoms with Gasteiger partial charge >= 0.3 is 0 Å². The van der Waals surface area contributed by atoms with Crippen LogP contribution in [0.3, 0.4) is 0 Å². The summed E-state index contributed by atoms with van der Waals surface area (Å²) in [5.41, 5.74) is 3.25. The highest BCUT2D eigenvalue weighted by molar-refractivity contribution is 5.92. The summed E-state index contributed by atoms with van der Waals surface area (Å²) < 4.78 is 0. The van der Waals surface area contributed by atoms with Crippen molar-refractivity contribution in [2.24, 2.45) is 0 Å². The zero-order chi connectivity index (χ0) is 20.1. The molecule has 3 rings (SSSR count). The molecule has 1 aliphatic heterocycles. The molecule has 7 nitrogen and oxygen atoms in total. The number of hydrogen-bond donors (Lipinski definition) is 2. The number of piperazine rings is 1. The first-order valence-corrected chi connectivity index (χ1v) is 9.91. The minimum Gasteiger partial charge on any atom is -0.369 e. The van der Waals surface area contributed by atoms with Crippen LogP contribution in [0, 0.1) is 6.92 Å². The van der Waals surface area contributed by atoms with Crippen LogP contribution in [-0.2, 0) is 0 Å². The highest BCUT2D eigenvalue weighted by atomic mass is 16.1. The van der Waals surface area contributed by atoms with Crippen LogP contribution in [0.4, 0.5) is 17.3 Å². The van der Waals surface area contributed by atoms with Crippen molar-refractivity contribution in [3.8, 4) is 0 Å². The molecule has 1 aromatic carbocycles. The predicted molar refractivity (Wildman–Crippen MR) is 113 cm³/mol. The zero-order valence-corrected chi connectivity index (χ0v) is 17.2. The second-order valence-corrected chi connectivity index (χ2v) is 7.46. The van der Waals surface area contributed by atoms with Crippen LogP contribution in [0.2, 0.25) is 0 Å². The molecule has 1 fully saturated rings. The molecule has 1 atom stereocenters. The van der Waals surface area contributed by atoms with Crippen LogP contribution >= 0.6 is 0 Å². The van der Waals surface area contributed by atoms with Gasteiger partial charge in [-0.1, -0.05) is 6.92 Å². The number of benzene rings is 1. The van der Waals surface area contributed by atoms with Crippen LogP contribution in [0.15, 0.2) is 30.3 Å². The maximum absolute atomic E-state index is 12.4. The molecule has 1 unspecified atom stereocenters. The van der Waals surface area contributed by atoms with E-state index < -0.39 is 0 Å². The minimum absolute atomic E-state index is 0.112. The Morgan fingerprint density at radius 1 is 1.14 bits per heavy atom. The second kappa shape index (κ2) is 9.01. The third-order valence-electron chi connectivity index (χ3n) is 5.07. The van der Waals surface area contributed by atoms with E-state index in [0.29, 0.717) is 11.6 Å². The van der Waals surface area contributed by atoms with Crippen LogP contribution in [0.25, 0.3) is 0 Å². The molecule has 0 aliphatic carbocycles. The summed E-state index contributed by atoms with van der Waals surface area (Å²) in [6, 6.07) is 10.1. The van der Waals surface area contributed by atoms with Gasteiger partial charge in [-0.2, -0.15) is 0 Å². The van der Waals surface area contributed by atoms with Crippen LogP contribution in [-0.4, -0.2) is 60.0 Å². The number of nitrogens with one attached hydrogen (secondary N) is 2. The molecule has 1 aromatic heterocycles. The van der Waals surface area contributed by atoms with E-state index >= 15 is 0 Å². The van der Waals surface area contributed by atoms with Crippen molar-refractivity contribution < 1.29 is 4.79 Å². The lowest BCUT2D eigenvalue weighted by molar-refractivity contribution is 0.0934. The molecule has 2 N–H and O–H groups in total. The van der Waals surface area contributed by atoms with Gasteiger partial charge in [0.15, 0.2) is 0 Å². The summed E-state index contributed by atoms with van der Waals surface area (Å²) in [5.74, 6) is 0.259. The van der Waals surface area contributed by atoms with E-state index in [-0.39, 0.29) is 11.9 Å². The van der Waals surface area contributed by atoms with Gasteiger partial charge in [-0.15, -0.1) is 0 Å². The number of anilines is 3. The molecule has 28 heavy (non-hydrogen) atoms. The standard InChI is InChI=1S/C21H30N6O/c1-5-15(2)22-20(28)19-14-16(3)23-21(25-19)24-17-6-8-18(9-7-17)27-12-10-26(4)11-13-27/h6-9,14-15H,5,10-13H2,1-4H3,(H,22,28)(H,23,24,25). The molecule has 2 aromatic rings. The summed E-state index contributed by atoms with van der Waals surface area (Å²) >= 11 is 0. The smallest absolute Gasteiger partial charge is 0.270 e. The molecular formula is C21H30N6O. The fourth-order valence-electron chi connectivity index (χ4n) is 3.09.